The molecule has 1 N–H and O–H groups in total. The number of aryl methyl sites for hydroxylation is 2. The summed E-state index contributed by atoms with van der Waals surface area (Å²) in [5, 5.41) is 4.20. The summed E-state index contributed by atoms with van der Waals surface area (Å²) in [6, 6.07) is 14.0. The van der Waals surface area contributed by atoms with Gasteiger partial charge < -0.3 is 10.1 Å². The minimum Gasteiger partial charge on any atom is -0.494 e. The van der Waals surface area contributed by atoms with Gasteiger partial charge in [-0.2, -0.15) is 0 Å². The number of hydrogen-bond donors (Lipinski definition) is 1. The lowest BCUT2D eigenvalue weighted by molar-refractivity contribution is 0.308. The normalized spacial score (nSPS) is 10.4. The van der Waals surface area contributed by atoms with E-state index >= 15 is 0 Å². The molecule has 2 aromatic rings. The first-order valence-electron chi connectivity index (χ1n) is 7.34. The molecule has 0 radical (unpaired) electrons. The van der Waals surface area contributed by atoms with Gasteiger partial charge in [0.1, 0.15) is 5.75 Å². The van der Waals surface area contributed by atoms with Gasteiger partial charge in [-0.15, -0.1) is 0 Å². The topological polar surface area (TPSA) is 21.3 Å². The molecule has 2 rings (SSSR count). The van der Waals surface area contributed by atoms with Crippen molar-refractivity contribution in [3.63, 3.8) is 0 Å². The summed E-state index contributed by atoms with van der Waals surface area (Å²) in [7, 11) is 0. The summed E-state index contributed by atoms with van der Waals surface area (Å²) >= 11 is 5.83. The molecule has 0 aliphatic carbocycles. The Morgan fingerprint density at radius 3 is 2.29 bits per heavy atom. The maximum Gasteiger partial charge on any atom is 0.119 e. The maximum absolute atomic E-state index is 5.83. The zero-order valence-corrected chi connectivity index (χ0v) is 13.4. The summed E-state index contributed by atoms with van der Waals surface area (Å²) in [4.78, 5) is 0. The Labute approximate surface area is 132 Å². The molecule has 0 aliphatic rings. The van der Waals surface area contributed by atoms with Crippen LogP contribution >= 0.6 is 11.6 Å². The zero-order chi connectivity index (χ0) is 15.1. The Balaban J connectivity index is 1.62. The van der Waals surface area contributed by atoms with Crippen molar-refractivity contribution < 1.29 is 4.74 Å². The predicted octanol–water partition coefficient (Wildman–Crippen LogP) is 5.23. The molecule has 0 spiro atoms. The van der Waals surface area contributed by atoms with Crippen molar-refractivity contribution in [2.24, 2.45) is 0 Å². The number of unbranched alkanes of at least 4 members (excludes halogenated alkanes) is 1. The lowest BCUT2D eigenvalue weighted by Crippen LogP contribution is -2.05. The first-order valence-corrected chi connectivity index (χ1v) is 7.72. The van der Waals surface area contributed by atoms with E-state index in [1.165, 1.54) is 16.8 Å². The van der Waals surface area contributed by atoms with Crippen LogP contribution < -0.4 is 10.1 Å². The van der Waals surface area contributed by atoms with Crippen LogP contribution in [0.1, 0.15) is 24.0 Å². The van der Waals surface area contributed by atoms with E-state index in [0.29, 0.717) is 0 Å². The van der Waals surface area contributed by atoms with Crippen LogP contribution in [0, 0.1) is 13.8 Å². The van der Waals surface area contributed by atoms with Crippen molar-refractivity contribution >= 4 is 17.3 Å². The van der Waals surface area contributed by atoms with Crippen molar-refractivity contribution in [3.05, 3.63) is 58.6 Å². The largest absolute Gasteiger partial charge is 0.494 e. The van der Waals surface area contributed by atoms with E-state index in [9.17, 15) is 0 Å². The van der Waals surface area contributed by atoms with Gasteiger partial charge in [-0.3, -0.25) is 0 Å². The van der Waals surface area contributed by atoms with Crippen LogP contribution in [0.15, 0.2) is 42.5 Å². The number of rotatable bonds is 7. The summed E-state index contributed by atoms with van der Waals surface area (Å²) < 4.78 is 5.67. The maximum atomic E-state index is 5.83. The zero-order valence-electron chi connectivity index (χ0n) is 12.7. The van der Waals surface area contributed by atoms with Gasteiger partial charge in [0, 0.05) is 17.3 Å². The fourth-order valence-corrected chi connectivity index (χ4v) is 2.38. The average molecular weight is 304 g/mol. The van der Waals surface area contributed by atoms with Crippen molar-refractivity contribution in [2.45, 2.75) is 26.7 Å². The van der Waals surface area contributed by atoms with Crippen LogP contribution in [0.3, 0.4) is 0 Å². The Morgan fingerprint density at radius 2 is 1.62 bits per heavy atom. The highest BCUT2D eigenvalue weighted by Gasteiger charge is 1.97. The molecule has 112 valence electrons. The number of halogens is 1. The molecular weight excluding hydrogens is 282 g/mol. The van der Waals surface area contributed by atoms with Gasteiger partial charge in [0.25, 0.3) is 0 Å². The second kappa shape index (κ2) is 7.94. The molecule has 0 fully saturated rings. The molecule has 2 nitrogen and oxygen atoms in total. The van der Waals surface area contributed by atoms with Crippen molar-refractivity contribution in [2.75, 3.05) is 18.5 Å². The number of ether oxygens (including phenoxy) is 1. The molecule has 0 aliphatic heterocycles. The van der Waals surface area contributed by atoms with E-state index in [2.05, 4.69) is 37.4 Å². The Kier molecular flexibility index (Phi) is 5.94. The van der Waals surface area contributed by atoms with Crippen LogP contribution in [0.4, 0.5) is 5.69 Å². The van der Waals surface area contributed by atoms with E-state index in [0.717, 1.165) is 36.8 Å². The molecule has 0 unspecified atom stereocenters. The van der Waals surface area contributed by atoms with Crippen LogP contribution in [0.25, 0.3) is 0 Å². The highest BCUT2D eigenvalue weighted by molar-refractivity contribution is 6.30. The second-order valence-electron chi connectivity index (χ2n) is 5.31. The quantitative estimate of drug-likeness (QED) is 0.707. The van der Waals surface area contributed by atoms with Gasteiger partial charge in [0.15, 0.2) is 0 Å². The molecule has 0 aromatic heterocycles. The molecule has 2 aromatic carbocycles. The predicted molar refractivity (Wildman–Crippen MR) is 90.6 cm³/mol. The first-order chi connectivity index (χ1) is 10.1. The molecule has 21 heavy (non-hydrogen) atoms. The third-order valence-corrected chi connectivity index (χ3v) is 3.46. The fourth-order valence-electron chi connectivity index (χ4n) is 2.26. The number of hydrogen-bond acceptors (Lipinski definition) is 2. The summed E-state index contributed by atoms with van der Waals surface area (Å²) in [5.74, 6) is 0.877. The van der Waals surface area contributed by atoms with Crippen LogP contribution in [-0.4, -0.2) is 13.2 Å². The van der Waals surface area contributed by atoms with Gasteiger partial charge in [0.2, 0.25) is 0 Å². The van der Waals surface area contributed by atoms with Crippen molar-refractivity contribution in [1.29, 1.82) is 0 Å². The smallest absolute Gasteiger partial charge is 0.119 e. The van der Waals surface area contributed by atoms with Gasteiger partial charge >= 0.3 is 0 Å². The summed E-state index contributed by atoms with van der Waals surface area (Å²) in [6.45, 7) is 5.94. The number of anilines is 1. The first kappa shape index (κ1) is 15.7. The molecule has 0 atom stereocenters. The Hall–Kier alpha value is -1.67. The monoisotopic (exact) mass is 303 g/mol. The molecule has 0 saturated heterocycles. The van der Waals surface area contributed by atoms with Gasteiger partial charge in [-0.1, -0.05) is 17.7 Å². The second-order valence-corrected chi connectivity index (χ2v) is 5.75. The van der Waals surface area contributed by atoms with Crippen molar-refractivity contribution in [3.8, 4) is 5.75 Å². The van der Waals surface area contributed by atoms with E-state index in [-0.39, 0.29) is 0 Å². The van der Waals surface area contributed by atoms with Crippen molar-refractivity contribution in [1.82, 2.24) is 0 Å². The molecule has 0 heterocycles. The molecule has 3 heteroatoms. The third-order valence-electron chi connectivity index (χ3n) is 3.20. The summed E-state index contributed by atoms with van der Waals surface area (Å²) in [6.07, 6.45) is 2.11. The molecule has 0 saturated carbocycles. The molecular formula is C18H22ClNO. The lowest BCUT2D eigenvalue weighted by Gasteiger charge is -2.09. The van der Waals surface area contributed by atoms with E-state index in [4.69, 9.17) is 16.3 Å². The van der Waals surface area contributed by atoms with E-state index < -0.39 is 0 Å². The SMILES string of the molecule is Cc1cc(C)cc(NCCCCOc2ccc(Cl)cc2)c1. The average Bonchev–Trinajstić information content (AvgIpc) is 2.43. The van der Waals surface area contributed by atoms with Gasteiger partial charge in [-0.25, -0.2) is 0 Å². The molecule has 0 bridgehead atoms. The van der Waals surface area contributed by atoms with Gasteiger partial charge in [0.05, 0.1) is 6.61 Å². The third kappa shape index (κ3) is 5.68. The fraction of sp³-hybridized carbons (Fsp3) is 0.333. The van der Waals surface area contributed by atoms with E-state index in [1.54, 1.807) is 0 Å². The summed E-state index contributed by atoms with van der Waals surface area (Å²) in [5.41, 5.74) is 3.79. The minimum atomic E-state index is 0.732. The lowest BCUT2D eigenvalue weighted by atomic mass is 10.1. The van der Waals surface area contributed by atoms with Gasteiger partial charge in [-0.05, 0) is 74.2 Å². The minimum absolute atomic E-state index is 0.732. The number of nitrogens with one attached hydrogen (secondary N) is 1. The Morgan fingerprint density at radius 1 is 0.952 bits per heavy atom. The van der Waals surface area contributed by atoms with E-state index in [1.807, 2.05) is 24.3 Å². The highest BCUT2D eigenvalue weighted by atomic mass is 35.5. The standard InChI is InChI=1S/C18H22ClNO/c1-14-11-15(2)13-17(12-14)20-9-3-4-10-21-18-7-5-16(19)6-8-18/h5-8,11-13,20H,3-4,9-10H2,1-2H3. The number of benzene rings is 2. The van der Waals surface area contributed by atoms with Crippen LogP contribution in [0.5, 0.6) is 5.75 Å². The highest BCUT2D eigenvalue weighted by Crippen LogP contribution is 2.16. The molecule has 0 amide bonds. The van der Waals surface area contributed by atoms with Crippen LogP contribution in [-0.2, 0) is 0 Å². The van der Waals surface area contributed by atoms with Crippen LogP contribution in [0.2, 0.25) is 5.02 Å². The Bertz CT molecular complexity index is 546.